The first-order valence-electron chi connectivity index (χ1n) is 15.3. The van der Waals surface area contributed by atoms with E-state index in [1.165, 1.54) is 12.1 Å². The Bertz CT molecular complexity index is 2920. The van der Waals surface area contributed by atoms with Crippen LogP contribution in [0.1, 0.15) is 22.3 Å². The van der Waals surface area contributed by atoms with Crippen molar-refractivity contribution >= 4 is 49.3 Å². The lowest BCUT2D eigenvalue weighted by Gasteiger charge is -2.21. The van der Waals surface area contributed by atoms with Gasteiger partial charge in [-0.1, -0.05) is 48.5 Å². The van der Waals surface area contributed by atoms with Gasteiger partial charge in [-0.25, -0.2) is 4.85 Å². The zero-order valence-corrected chi connectivity index (χ0v) is 25.8. The summed E-state index contributed by atoms with van der Waals surface area (Å²) in [5.41, 5.74) is 3.24. The zero-order valence-electron chi connectivity index (χ0n) is 25.8. The maximum absolute atomic E-state index is 14.9. The summed E-state index contributed by atoms with van der Waals surface area (Å²) in [6, 6.07) is 38.2. The van der Waals surface area contributed by atoms with Crippen molar-refractivity contribution in [2.75, 3.05) is 0 Å². The second-order valence-electron chi connectivity index (χ2n) is 11.7. The quantitative estimate of drug-likeness (QED) is 0.178. The molecule has 0 N–H and O–H groups in total. The van der Waals surface area contributed by atoms with E-state index in [0.29, 0.717) is 44.7 Å². The highest BCUT2D eigenvalue weighted by Gasteiger charge is 2.35. The van der Waals surface area contributed by atoms with Crippen LogP contribution in [0.15, 0.2) is 115 Å². The van der Waals surface area contributed by atoms with E-state index in [4.69, 9.17) is 6.57 Å². The van der Waals surface area contributed by atoms with Crippen LogP contribution in [0.25, 0.3) is 71.0 Å². The minimum Gasteiger partial charge on any atom is -0.309 e. The molecule has 50 heavy (non-hydrogen) atoms. The molecule has 0 atom stereocenters. The molecule has 0 aliphatic rings. The third-order valence-electron chi connectivity index (χ3n) is 9.05. The van der Waals surface area contributed by atoms with E-state index < -0.39 is 11.7 Å². The van der Waals surface area contributed by atoms with Gasteiger partial charge >= 0.3 is 6.18 Å². The number of hydrogen-bond donors (Lipinski definition) is 0. The molecule has 8 rings (SSSR count). The number of rotatable bonds is 3. The van der Waals surface area contributed by atoms with Gasteiger partial charge in [-0.2, -0.15) is 29.0 Å². The zero-order chi connectivity index (χ0) is 34.7. The number of halogens is 3. The fourth-order valence-electron chi connectivity index (χ4n) is 6.93. The highest BCUT2D eigenvalue weighted by atomic mass is 19.4. The van der Waals surface area contributed by atoms with Crippen LogP contribution in [0.5, 0.6) is 0 Å². The van der Waals surface area contributed by atoms with Gasteiger partial charge in [-0.15, -0.1) is 0 Å². The van der Waals surface area contributed by atoms with Crippen molar-refractivity contribution in [3.05, 3.63) is 149 Å². The second kappa shape index (κ2) is 11.1. The van der Waals surface area contributed by atoms with Crippen molar-refractivity contribution in [1.29, 1.82) is 15.8 Å². The maximum Gasteiger partial charge on any atom is 0.417 e. The van der Waals surface area contributed by atoms with Crippen LogP contribution in [0, 0.1) is 40.6 Å². The lowest BCUT2D eigenvalue weighted by atomic mass is 9.93. The number of benzene rings is 6. The van der Waals surface area contributed by atoms with Crippen molar-refractivity contribution in [3.8, 4) is 40.7 Å². The standard InChI is InChI=1S/C41H19F3N6/c1-48-27-12-15-38-32(19-27)30-7-3-5-9-36(30)50(38)40-18-26(23-47)39(20-33(40)28-13-10-25(22-46)17-34(28)41(42,43)44)49-35-8-4-2-6-29(35)31-16-24(21-45)11-14-37(31)49/h2-20H. The van der Waals surface area contributed by atoms with E-state index in [9.17, 15) is 29.0 Å². The Kier molecular flexibility index (Phi) is 6.69. The van der Waals surface area contributed by atoms with Crippen LogP contribution in [0.3, 0.4) is 0 Å². The summed E-state index contributed by atoms with van der Waals surface area (Å²) in [5.74, 6) is 0. The van der Waals surface area contributed by atoms with Gasteiger partial charge in [-0.05, 0) is 77.7 Å². The lowest BCUT2D eigenvalue weighted by molar-refractivity contribution is -0.137. The van der Waals surface area contributed by atoms with Crippen LogP contribution in [0.2, 0.25) is 0 Å². The van der Waals surface area contributed by atoms with Crippen molar-refractivity contribution in [2.45, 2.75) is 6.18 Å². The molecule has 9 heteroatoms. The normalized spacial score (nSPS) is 11.4. The number of para-hydroxylation sites is 2. The summed E-state index contributed by atoms with van der Waals surface area (Å²) in [4.78, 5) is 3.58. The highest BCUT2D eigenvalue weighted by molar-refractivity contribution is 6.12. The number of aromatic nitrogens is 2. The molecule has 8 aromatic rings. The largest absolute Gasteiger partial charge is 0.417 e. The molecule has 234 valence electrons. The maximum atomic E-state index is 14.9. The molecule has 0 aliphatic heterocycles. The van der Waals surface area contributed by atoms with Crippen molar-refractivity contribution < 1.29 is 13.2 Å². The summed E-state index contributed by atoms with van der Waals surface area (Å²) in [5, 5.41) is 33.0. The Labute approximate surface area is 282 Å². The predicted octanol–water partition coefficient (Wildman–Crippen LogP) is 10.7. The fourth-order valence-corrected chi connectivity index (χ4v) is 6.93. The lowest BCUT2D eigenvalue weighted by Crippen LogP contribution is -2.10. The first-order chi connectivity index (χ1) is 24.2. The third kappa shape index (κ3) is 4.47. The molecule has 0 radical (unpaired) electrons. The average Bonchev–Trinajstić information content (AvgIpc) is 3.65. The summed E-state index contributed by atoms with van der Waals surface area (Å²) in [6.45, 7) is 7.58. The molecule has 0 bridgehead atoms. The molecule has 6 nitrogen and oxygen atoms in total. The molecule has 0 fully saturated rings. The van der Waals surface area contributed by atoms with Gasteiger partial charge in [-0.3, -0.25) is 0 Å². The molecule has 6 aromatic carbocycles. The molecule has 0 spiro atoms. The van der Waals surface area contributed by atoms with Crippen molar-refractivity contribution in [2.24, 2.45) is 0 Å². The molecule has 2 aromatic heterocycles. The first-order valence-corrected chi connectivity index (χ1v) is 15.3. The van der Waals surface area contributed by atoms with Gasteiger partial charge < -0.3 is 9.13 Å². The van der Waals surface area contributed by atoms with E-state index in [1.807, 2.05) is 63.7 Å². The fraction of sp³-hybridized carbons (Fsp3) is 0.0244. The van der Waals surface area contributed by atoms with E-state index in [0.717, 1.165) is 27.6 Å². The number of fused-ring (bicyclic) bond motifs is 6. The molecule has 0 unspecified atom stereocenters. The van der Waals surface area contributed by atoms with Crippen LogP contribution < -0.4 is 0 Å². The van der Waals surface area contributed by atoms with E-state index in [1.54, 1.807) is 48.5 Å². The first kappa shape index (κ1) is 30.0. The van der Waals surface area contributed by atoms with E-state index in [-0.39, 0.29) is 22.3 Å². The smallest absolute Gasteiger partial charge is 0.309 e. The van der Waals surface area contributed by atoms with Crippen LogP contribution in [-0.4, -0.2) is 9.13 Å². The summed E-state index contributed by atoms with van der Waals surface area (Å²) < 4.78 is 48.3. The Balaban J connectivity index is 1.56. The van der Waals surface area contributed by atoms with Gasteiger partial charge in [0.05, 0.1) is 74.4 Å². The van der Waals surface area contributed by atoms with Crippen LogP contribution in [0.4, 0.5) is 18.9 Å². The molecular weight excluding hydrogens is 633 g/mol. The van der Waals surface area contributed by atoms with Gasteiger partial charge in [0.25, 0.3) is 0 Å². The van der Waals surface area contributed by atoms with Crippen LogP contribution in [-0.2, 0) is 6.18 Å². The Morgan fingerprint density at radius 2 is 1.10 bits per heavy atom. The molecule has 0 saturated carbocycles. The van der Waals surface area contributed by atoms with Crippen molar-refractivity contribution in [1.82, 2.24) is 9.13 Å². The third-order valence-corrected chi connectivity index (χ3v) is 9.05. The molecular formula is C41H19F3N6. The van der Waals surface area contributed by atoms with Crippen LogP contribution >= 0.6 is 0 Å². The second-order valence-corrected chi connectivity index (χ2v) is 11.7. The summed E-state index contributed by atoms with van der Waals surface area (Å²) in [6.07, 6.45) is -4.82. The molecule has 0 saturated heterocycles. The SMILES string of the molecule is [C-]#[N+]c1ccc2c(c1)c1ccccc1n2-c1cc(C#N)c(-n2c3ccccc3c3cc(C#N)ccc32)cc1-c1ccc(C#N)cc1C(F)(F)F. The van der Waals surface area contributed by atoms with Gasteiger partial charge in [0.15, 0.2) is 5.69 Å². The van der Waals surface area contributed by atoms with E-state index >= 15 is 0 Å². The monoisotopic (exact) mass is 652 g/mol. The van der Waals surface area contributed by atoms with Crippen molar-refractivity contribution in [3.63, 3.8) is 0 Å². The average molecular weight is 653 g/mol. The highest BCUT2D eigenvalue weighted by Crippen LogP contribution is 2.45. The Hall–Kier alpha value is -7.33. The van der Waals surface area contributed by atoms with Gasteiger partial charge in [0, 0.05) is 21.7 Å². The topological polar surface area (TPSA) is 85.6 Å². The van der Waals surface area contributed by atoms with Gasteiger partial charge in [0.2, 0.25) is 0 Å². The Morgan fingerprint density at radius 3 is 1.72 bits per heavy atom. The number of nitrogens with zero attached hydrogens (tertiary/aromatic N) is 6. The van der Waals surface area contributed by atoms with E-state index in [2.05, 4.69) is 17.0 Å². The molecule has 0 amide bonds. The number of alkyl halides is 3. The number of nitriles is 3. The minimum atomic E-state index is -4.82. The minimum absolute atomic E-state index is 0.143. The van der Waals surface area contributed by atoms with Gasteiger partial charge in [0.1, 0.15) is 6.07 Å². The Morgan fingerprint density at radius 1 is 0.540 bits per heavy atom. The number of hydrogen-bond acceptors (Lipinski definition) is 3. The molecule has 2 heterocycles. The summed E-state index contributed by atoms with van der Waals surface area (Å²) in [7, 11) is 0. The summed E-state index contributed by atoms with van der Waals surface area (Å²) >= 11 is 0. The predicted molar refractivity (Wildman–Crippen MR) is 186 cm³/mol. The molecule has 0 aliphatic carbocycles.